The number of carbonyl (C=O) groups excluding carboxylic acids is 2. The maximum atomic E-state index is 12.8. The molecule has 2 saturated heterocycles. The molecule has 0 radical (unpaired) electrons. The van der Waals surface area contributed by atoms with Crippen LogP contribution < -0.4 is 0 Å². The van der Waals surface area contributed by atoms with Crippen molar-refractivity contribution >= 4 is 11.9 Å². The van der Waals surface area contributed by atoms with Gasteiger partial charge in [0.1, 0.15) is 30.5 Å². The van der Waals surface area contributed by atoms with E-state index in [0.29, 0.717) is 36.8 Å². The number of hydrogen-bond acceptors (Lipinski definition) is 9. The first-order chi connectivity index (χ1) is 14.2. The molecule has 2 heterocycles. The maximum Gasteiger partial charge on any atom is 0.336 e. The van der Waals surface area contributed by atoms with E-state index in [1.807, 2.05) is 13.0 Å². The number of fused-ring (bicyclic) bond motifs is 1. The highest BCUT2D eigenvalue weighted by Crippen LogP contribution is 2.34. The Hall–Kier alpha value is -2.04. The van der Waals surface area contributed by atoms with Crippen molar-refractivity contribution in [3.63, 3.8) is 0 Å². The van der Waals surface area contributed by atoms with Crippen molar-refractivity contribution in [3.8, 4) is 0 Å². The summed E-state index contributed by atoms with van der Waals surface area (Å²) in [5.41, 5.74) is 1.73. The molecule has 0 spiro atoms. The standard InChI is InChI=1S/C21H28O9/c1-10-4-3-5-12(6-7-13-11(2)19(26)28-14(13)8-10)20(27)30-21-18(25)17(24)16(23)15(9-22)29-21/h5,8,13-18,21-25H,2-4,6-7,9H2,1H3/t13-,14+,15+,16+,17-,18+,21-/m0/s1. The summed E-state index contributed by atoms with van der Waals surface area (Å²) in [6.45, 7) is 5.12. The summed E-state index contributed by atoms with van der Waals surface area (Å²) in [4.78, 5) is 24.7. The Kier molecular flexibility index (Phi) is 7.10. The first kappa shape index (κ1) is 22.6. The summed E-state index contributed by atoms with van der Waals surface area (Å²) in [5, 5.41) is 39.1. The van der Waals surface area contributed by atoms with Crippen molar-refractivity contribution in [3.05, 3.63) is 35.5 Å². The van der Waals surface area contributed by atoms with Crippen LogP contribution in [0.2, 0.25) is 0 Å². The molecule has 0 aromatic rings. The molecule has 166 valence electrons. The monoisotopic (exact) mass is 424 g/mol. The van der Waals surface area contributed by atoms with Gasteiger partial charge in [-0.3, -0.25) is 0 Å². The van der Waals surface area contributed by atoms with Crippen LogP contribution in [0.4, 0.5) is 0 Å². The van der Waals surface area contributed by atoms with Crippen LogP contribution in [0.25, 0.3) is 0 Å². The predicted octanol–water partition coefficient (Wildman–Crippen LogP) is -0.126. The fourth-order valence-corrected chi connectivity index (χ4v) is 3.90. The Morgan fingerprint density at radius 2 is 1.97 bits per heavy atom. The van der Waals surface area contributed by atoms with Crippen LogP contribution in [0.5, 0.6) is 0 Å². The van der Waals surface area contributed by atoms with Crippen LogP contribution in [0, 0.1) is 5.92 Å². The average Bonchev–Trinajstić information content (AvgIpc) is 2.97. The summed E-state index contributed by atoms with van der Waals surface area (Å²) in [6.07, 6.45) is -2.34. The lowest BCUT2D eigenvalue weighted by atomic mass is 9.88. The molecule has 9 nitrogen and oxygen atoms in total. The minimum absolute atomic E-state index is 0.256. The summed E-state index contributed by atoms with van der Waals surface area (Å²) >= 11 is 0. The fourth-order valence-electron chi connectivity index (χ4n) is 3.90. The molecular weight excluding hydrogens is 396 g/mol. The molecule has 2 fully saturated rings. The Morgan fingerprint density at radius 3 is 2.67 bits per heavy atom. The Balaban J connectivity index is 1.72. The molecule has 4 N–H and O–H groups in total. The maximum absolute atomic E-state index is 12.8. The second kappa shape index (κ2) is 9.40. The van der Waals surface area contributed by atoms with Gasteiger partial charge in [-0.1, -0.05) is 18.2 Å². The van der Waals surface area contributed by atoms with Crippen LogP contribution >= 0.6 is 0 Å². The second-order valence-corrected chi connectivity index (χ2v) is 7.92. The van der Waals surface area contributed by atoms with Gasteiger partial charge in [-0.2, -0.15) is 0 Å². The highest BCUT2D eigenvalue weighted by atomic mass is 16.7. The zero-order chi connectivity index (χ0) is 22.0. The number of allylic oxidation sites excluding steroid dienone is 2. The van der Waals surface area contributed by atoms with Gasteiger partial charge in [0.15, 0.2) is 0 Å². The summed E-state index contributed by atoms with van der Waals surface area (Å²) in [7, 11) is 0. The Bertz CT molecular complexity index is 754. The van der Waals surface area contributed by atoms with Crippen molar-refractivity contribution < 1.29 is 44.2 Å². The van der Waals surface area contributed by atoms with Gasteiger partial charge >= 0.3 is 11.9 Å². The van der Waals surface area contributed by atoms with E-state index in [1.54, 1.807) is 6.08 Å². The number of aliphatic hydroxyl groups excluding tert-OH is 4. The number of aliphatic hydroxyl groups is 4. The molecule has 2 aliphatic heterocycles. The zero-order valence-electron chi connectivity index (χ0n) is 16.8. The lowest BCUT2D eigenvalue weighted by Gasteiger charge is -2.39. The smallest absolute Gasteiger partial charge is 0.336 e. The summed E-state index contributed by atoms with van der Waals surface area (Å²) in [5.74, 6) is -1.44. The normalized spacial score (nSPS) is 37.6. The predicted molar refractivity (Wildman–Crippen MR) is 103 cm³/mol. The van der Waals surface area contributed by atoms with Crippen molar-refractivity contribution in [2.45, 2.75) is 69.4 Å². The van der Waals surface area contributed by atoms with E-state index in [9.17, 15) is 30.0 Å². The molecule has 0 unspecified atom stereocenters. The Labute approximate surface area is 174 Å². The third-order valence-electron chi connectivity index (χ3n) is 5.79. The van der Waals surface area contributed by atoms with Crippen molar-refractivity contribution in [2.24, 2.45) is 5.92 Å². The second-order valence-electron chi connectivity index (χ2n) is 7.92. The molecule has 3 rings (SSSR count). The van der Waals surface area contributed by atoms with Crippen LogP contribution in [0.15, 0.2) is 35.5 Å². The molecule has 0 saturated carbocycles. The van der Waals surface area contributed by atoms with E-state index in [0.717, 1.165) is 5.57 Å². The number of ether oxygens (including phenoxy) is 3. The summed E-state index contributed by atoms with van der Waals surface area (Å²) < 4.78 is 15.9. The number of rotatable bonds is 3. The third kappa shape index (κ3) is 4.65. The van der Waals surface area contributed by atoms with Crippen LogP contribution in [0.1, 0.15) is 32.6 Å². The van der Waals surface area contributed by atoms with Crippen molar-refractivity contribution in [2.75, 3.05) is 6.61 Å². The van der Waals surface area contributed by atoms with Gasteiger partial charge in [0, 0.05) is 17.1 Å². The molecule has 3 aliphatic rings. The summed E-state index contributed by atoms with van der Waals surface area (Å²) in [6, 6.07) is 0. The molecule has 0 aromatic carbocycles. The molecule has 0 amide bonds. The number of esters is 2. The first-order valence-corrected chi connectivity index (χ1v) is 10.0. The van der Waals surface area contributed by atoms with Crippen molar-refractivity contribution in [1.29, 1.82) is 0 Å². The SMILES string of the molecule is C=C1C(=O)O[C@@H]2C=C(C)CCC=C(C(=O)O[C@@H]3O[C@H](CO)[C@@H](O)[C@H](O)[C@H]3O)CC[C@@H]12. The van der Waals surface area contributed by atoms with Crippen LogP contribution in [-0.4, -0.2) is 75.8 Å². The van der Waals surface area contributed by atoms with E-state index < -0.39 is 55.4 Å². The fraction of sp³-hybridized carbons (Fsp3) is 0.619. The first-order valence-electron chi connectivity index (χ1n) is 10.0. The molecule has 0 aromatic heterocycles. The average molecular weight is 424 g/mol. The van der Waals surface area contributed by atoms with Crippen LogP contribution in [0.3, 0.4) is 0 Å². The topological polar surface area (TPSA) is 143 Å². The highest BCUT2D eigenvalue weighted by Gasteiger charge is 2.45. The largest absolute Gasteiger partial charge is 0.454 e. The number of hydrogen-bond donors (Lipinski definition) is 4. The zero-order valence-corrected chi connectivity index (χ0v) is 16.8. The van der Waals surface area contributed by atoms with E-state index in [-0.39, 0.29) is 5.92 Å². The van der Waals surface area contributed by atoms with E-state index in [4.69, 9.17) is 14.2 Å². The minimum Gasteiger partial charge on any atom is -0.454 e. The van der Waals surface area contributed by atoms with Gasteiger partial charge in [0.05, 0.1) is 6.61 Å². The lowest BCUT2D eigenvalue weighted by molar-refractivity contribution is -0.291. The molecular formula is C21H28O9. The molecule has 7 atom stereocenters. The minimum atomic E-state index is -1.66. The van der Waals surface area contributed by atoms with Gasteiger partial charge in [-0.05, 0) is 38.7 Å². The molecule has 9 heteroatoms. The van der Waals surface area contributed by atoms with Crippen molar-refractivity contribution in [1.82, 2.24) is 0 Å². The Morgan fingerprint density at radius 1 is 1.23 bits per heavy atom. The van der Waals surface area contributed by atoms with Gasteiger partial charge in [0.25, 0.3) is 0 Å². The van der Waals surface area contributed by atoms with Gasteiger partial charge in [-0.25, -0.2) is 9.59 Å². The quantitative estimate of drug-likeness (QED) is 0.277. The third-order valence-corrected chi connectivity index (χ3v) is 5.79. The highest BCUT2D eigenvalue weighted by molar-refractivity contribution is 5.91. The lowest BCUT2D eigenvalue weighted by Crippen LogP contribution is -2.59. The van der Waals surface area contributed by atoms with Crippen LogP contribution in [-0.2, 0) is 23.8 Å². The van der Waals surface area contributed by atoms with E-state index >= 15 is 0 Å². The van der Waals surface area contributed by atoms with E-state index in [1.165, 1.54) is 0 Å². The van der Waals surface area contributed by atoms with Gasteiger partial charge in [-0.15, -0.1) is 0 Å². The van der Waals surface area contributed by atoms with Gasteiger partial charge < -0.3 is 34.6 Å². The molecule has 1 aliphatic carbocycles. The number of carbonyl (C=O) groups is 2. The molecule has 30 heavy (non-hydrogen) atoms. The van der Waals surface area contributed by atoms with E-state index in [2.05, 4.69) is 6.58 Å². The molecule has 0 bridgehead atoms. The van der Waals surface area contributed by atoms with Gasteiger partial charge in [0.2, 0.25) is 6.29 Å².